The summed E-state index contributed by atoms with van der Waals surface area (Å²) in [6.45, 7) is 0. The van der Waals surface area contributed by atoms with E-state index in [1.54, 1.807) is 0 Å². The number of fused-ring (bicyclic) bond motifs is 6. The lowest BCUT2D eigenvalue weighted by atomic mass is 10.0. The van der Waals surface area contributed by atoms with Gasteiger partial charge in [0, 0.05) is 26.0 Å². The van der Waals surface area contributed by atoms with Gasteiger partial charge >= 0.3 is 0 Å². The van der Waals surface area contributed by atoms with E-state index in [9.17, 15) is 0 Å². The van der Waals surface area contributed by atoms with E-state index in [0.717, 1.165) is 53.9 Å². The normalized spacial score (nSPS) is 11.9. The van der Waals surface area contributed by atoms with E-state index < -0.39 is 0 Å². The molecular weight excluding hydrogens is 400 g/mol. The Bertz CT molecular complexity index is 1490. The van der Waals surface area contributed by atoms with Crippen molar-refractivity contribution in [2.75, 3.05) is 0 Å². The SMILES string of the molecule is Brc1ccc2oc3ccc(-c4ccc5oc6ccccc6c5c4)cc3c2c1. The second-order valence-corrected chi connectivity index (χ2v) is 7.68. The Hall–Kier alpha value is -3.04. The highest BCUT2D eigenvalue weighted by Crippen LogP contribution is 2.36. The lowest BCUT2D eigenvalue weighted by Gasteiger charge is -2.02. The van der Waals surface area contributed by atoms with E-state index in [1.807, 2.05) is 30.3 Å². The summed E-state index contributed by atoms with van der Waals surface area (Å²) in [5, 5.41) is 4.54. The van der Waals surface area contributed by atoms with Gasteiger partial charge in [-0.25, -0.2) is 0 Å². The molecule has 2 nitrogen and oxygen atoms in total. The number of hydrogen-bond donors (Lipinski definition) is 0. The maximum absolute atomic E-state index is 5.98. The fraction of sp³-hybridized carbons (Fsp3) is 0. The molecule has 0 saturated carbocycles. The summed E-state index contributed by atoms with van der Waals surface area (Å²) in [4.78, 5) is 0. The van der Waals surface area contributed by atoms with Gasteiger partial charge in [-0.15, -0.1) is 0 Å². The highest BCUT2D eigenvalue weighted by molar-refractivity contribution is 9.10. The van der Waals surface area contributed by atoms with Crippen LogP contribution in [0.5, 0.6) is 0 Å². The van der Waals surface area contributed by atoms with Gasteiger partial charge in [0.1, 0.15) is 22.3 Å². The maximum atomic E-state index is 5.98. The predicted molar refractivity (Wildman–Crippen MR) is 114 cm³/mol. The molecule has 2 aromatic heterocycles. The largest absolute Gasteiger partial charge is 0.456 e. The fourth-order valence-corrected chi connectivity index (χ4v) is 4.20. The second kappa shape index (κ2) is 5.48. The minimum Gasteiger partial charge on any atom is -0.456 e. The van der Waals surface area contributed by atoms with E-state index in [-0.39, 0.29) is 0 Å². The Morgan fingerprint density at radius 2 is 1.00 bits per heavy atom. The Morgan fingerprint density at radius 3 is 1.70 bits per heavy atom. The molecule has 0 amide bonds. The molecule has 4 aromatic carbocycles. The van der Waals surface area contributed by atoms with Gasteiger partial charge in [-0.3, -0.25) is 0 Å². The Kier molecular flexibility index (Phi) is 3.06. The predicted octanol–water partition coefficient (Wildman–Crippen LogP) is 7.91. The van der Waals surface area contributed by atoms with Crippen molar-refractivity contribution >= 4 is 59.8 Å². The average Bonchev–Trinajstić information content (AvgIpc) is 3.25. The van der Waals surface area contributed by atoms with Crippen LogP contribution in [0.4, 0.5) is 0 Å². The summed E-state index contributed by atoms with van der Waals surface area (Å²) in [5.74, 6) is 0. The molecule has 2 heterocycles. The number of rotatable bonds is 1. The summed E-state index contributed by atoms with van der Waals surface area (Å²) in [6, 6.07) is 27.0. The van der Waals surface area contributed by atoms with Crippen molar-refractivity contribution in [2.45, 2.75) is 0 Å². The first-order valence-electron chi connectivity index (χ1n) is 8.80. The third kappa shape index (κ3) is 2.25. The van der Waals surface area contributed by atoms with Crippen molar-refractivity contribution in [3.05, 3.63) is 83.3 Å². The first-order valence-corrected chi connectivity index (χ1v) is 9.59. The van der Waals surface area contributed by atoms with Crippen LogP contribution < -0.4 is 0 Å². The van der Waals surface area contributed by atoms with Crippen molar-refractivity contribution in [3.8, 4) is 11.1 Å². The highest BCUT2D eigenvalue weighted by atomic mass is 79.9. The van der Waals surface area contributed by atoms with Crippen LogP contribution >= 0.6 is 15.9 Å². The van der Waals surface area contributed by atoms with Gasteiger partial charge in [0.25, 0.3) is 0 Å². The summed E-state index contributed by atoms with van der Waals surface area (Å²) in [6.07, 6.45) is 0. The second-order valence-electron chi connectivity index (χ2n) is 6.76. The molecule has 27 heavy (non-hydrogen) atoms. The molecule has 0 aliphatic carbocycles. The Labute approximate surface area is 163 Å². The van der Waals surface area contributed by atoms with Crippen LogP contribution in [0.2, 0.25) is 0 Å². The number of para-hydroxylation sites is 1. The number of furan rings is 2. The Balaban J connectivity index is 1.61. The van der Waals surface area contributed by atoms with Crippen LogP contribution in [0.25, 0.3) is 55.0 Å². The molecule has 0 radical (unpaired) electrons. The van der Waals surface area contributed by atoms with Gasteiger partial charge in [-0.05, 0) is 59.7 Å². The zero-order valence-corrected chi connectivity index (χ0v) is 15.8. The van der Waals surface area contributed by atoms with Crippen molar-refractivity contribution in [1.82, 2.24) is 0 Å². The van der Waals surface area contributed by atoms with Gasteiger partial charge in [-0.2, -0.15) is 0 Å². The van der Waals surface area contributed by atoms with E-state index >= 15 is 0 Å². The molecule has 0 saturated heterocycles. The molecule has 0 aliphatic heterocycles. The quantitative estimate of drug-likeness (QED) is 0.274. The van der Waals surface area contributed by atoms with Crippen molar-refractivity contribution in [3.63, 3.8) is 0 Å². The molecule has 0 N–H and O–H groups in total. The van der Waals surface area contributed by atoms with Gasteiger partial charge < -0.3 is 8.83 Å². The fourth-order valence-electron chi connectivity index (χ4n) is 3.83. The lowest BCUT2D eigenvalue weighted by Crippen LogP contribution is -1.78. The summed E-state index contributed by atoms with van der Waals surface area (Å²) in [5.41, 5.74) is 5.98. The average molecular weight is 413 g/mol. The minimum atomic E-state index is 0.904. The smallest absolute Gasteiger partial charge is 0.135 e. The molecule has 6 aromatic rings. The van der Waals surface area contributed by atoms with Crippen LogP contribution in [0.1, 0.15) is 0 Å². The molecule has 0 aliphatic rings. The molecule has 0 fully saturated rings. The molecule has 0 atom stereocenters. The van der Waals surface area contributed by atoms with Crippen LogP contribution in [-0.2, 0) is 0 Å². The first-order chi connectivity index (χ1) is 13.3. The van der Waals surface area contributed by atoms with Crippen molar-refractivity contribution in [2.24, 2.45) is 0 Å². The third-order valence-electron chi connectivity index (χ3n) is 5.14. The zero-order valence-electron chi connectivity index (χ0n) is 14.2. The standard InChI is InChI=1S/C24H13BrO2/c25-16-7-10-24-20(13-16)19-12-15(6-9-23(19)27-24)14-5-8-22-18(11-14)17-3-1-2-4-21(17)26-22/h1-13H. The number of benzene rings is 4. The molecule has 0 spiro atoms. The number of halogens is 1. The highest BCUT2D eigenvalue weighted by Gasteiger charge is 2.11. The van der Waals surface area contributed by atoms with Crippen LogP contribution in [-0.4, -0.2) is 0 Å². The van der Waals surface area contributed by atoms with Crippen LogP contribution in [0, 0.1) is 0 Å². The van der Waals surface area contributed by atoms with Crippen LogP contribution in [0.3, 0.4) is 0 Å². The maximum Gasteiger partial charge on any atom is 0.135 e. The molecular formula is C24H13BrO2. The van der Waals surface area contributed by atoms with Crippen LogP contribution in [0.15, 0.2) is 92.2 Å². The number of hydrogen-bond acceptors (Lipinski definition) is 2. The first kappa shape index (κ1) is 15.1. The minimum absolute atomic E-state index is 0.904. The van der Waals surface area contributed by atoms with Gasteiger partial charge in [0.2, 0.25) is 0 Å². The summed E-state index contributed by atoms with van der Waals surface area (Å²) < 4.78 is 13.0. The van der Waals surface area contributed by atoms with Crippen molar-refractivity contribution < 1.29 is 8.83 Å². The van der Waals surface area contributed by atoms with Gasteiger partial charge in [0.15, 0.2) is 0 Å². The van der Waals surface area contributed by atoms with Gasteiger partial charge in [-0.1, -0.05) is 46.3 Å². The molecule has 3 heteroatoms. The van der Waals surface area contributed by atoms with E-state index in [4.69, 9.17) is 8.83 Å². The van der Waals surface area contributed by atoms with E-state index in [1.165, 1.54) is 5.56 Å². The summed E-state index contributed by atoms with van der Waals surface area (Å²) in [7, 11) is 0. The zero-order chi connectivity index (χ0) is 18.0. The topological polar surface area (TPSA) is 26.3 Å². The van der Waals surface area contributed by atoms with Gasteiger partial charge in [0.05, 0.1) is 0 Å². The third-order valence-corrected chi connectivity index (χ3v) is 5.63. The van der Waals surface area contributed by atoms with Crippen molar-refractivity contribution in [1.29, 1.82) is 0 Å². The monoisotopic (exact) mass is 412 g/mol. The van der Waals surface area contributed by atoms with E-state index in [2.05, 4.69) is 64.5 Å². The summed E-state index contributed by atoms with van der Waals surface area (Å²) >= 11 is 3.56. The molecule has 0 bridgehead atoms. The van der Waals surface area contributed by atoms with E-state index in [0.29, 0.717) is 0 Å². The Morgan fingerprint density at radius 1 is 0.481 bits per heavy atom. The molecule has 128 valence electrons. The molecule has 0 unspecified atom stereocenters. The molecule has 6 rings (SSSR count). The lowest BCUT2D eigenvalue weighted by molar-refractivity contribution is 0.668.